The first-order valence-electron chi connectivity index (χ1n) is 2.27. The summed E-state index contributed by atoms with van der Waals surface area (Å²) in [7, 11) is 0. The average molecular weight is 175 g/mol. The fraction of sp³-hybridized carbons (Fsp3) is 0.167. The Morgan fingerprint density at radius 1 is 1.44 bits per heavy atom. The fourth-order valence-electron chi connectivity index (χ4n) is 0.245. The topological polar surface area (TPSA) is 40.1 Å². The van der Waals surface area contributed by atoms with E-state index in [1.807, 2.05) is 0 Å². The van der Waals surface area contributed by atoms with Crippen LogP contribution in [0.2, 0.25) is 0 Å². The number of carbonyl (C=O) groups is 1. The zero-order chi connectivity index (χ0) is 6.41. The Hall–Kier alpha value is -0.531. The molecule has 0 amide bonds. The van der Waals surface area contributed by atoms with Crippen molar-refractivity contribution in [3.05, 3.63) is 24.3 Å². The van der Waals surface area contributed by atoms with Gasteiger partial charge in [-0.2, -0.15) is 0 Å². The Morgan fingerprint density at radius 2 is 2.00 bits per heavy atom. The predicted octanol–water partition coefficient (Wildman–Crippen LogP) is -0.134. The Morgan fingerprint density at radius 3 is 2.33 bits per heavy atom. The molecule has 0 aromatic heterocycles. The second-order valence-corrected chi connectivity index (χ2v) is 1.20. The molecule has 0 bridgehead atoms. The molecule has 3 heteroatoms. The van der Waals surface area contributed by atoms with Crippen LogP contribution in [-0.2, 0) is 21.9 Å². The first-order chi connectivity index (χ1) is 3.77. The van der Waals surface area contributed by atoms with Gasteiger partial charge in [0.25, 0.3) is 0 Å². The van der Waals surface area contributed by atoms with Gasteiger partial charge in [-0.25, -0.2) is 0 Å². The first-order valence-corrected chi connectivity index (χ1v) is 2.27. The van der Waals surface area contributed by atoms with Gasteiger partial charge >= 0.3 is 17.1 Å². The third-order valence-corrected chi connectivity index (χ3v) is 0.536. The molecule has 0 aliphatic heterocycles. The molecular formula is C6H7CuO2+. The molecule has 1 radical (unpaired) electrons. The number of hydrogen-bond acceptors (Lipinski definition) is 2. The second-order valence-electron chi connectivity index (χ2n) is 1.20. The Balaban J connectivity index is 0. The average Bonchev–Trinajstić information content (AvgIpc) is 1.66. The van der Waals surface area contributed by atoms with Crippen LogP contribution >= 0.6 is 0 Å². The minimum absolute atomic E-state index is 0. The smallest absolute Gasteiger partial charge is 0.545 e. The molecule has 0 heterocycles. The summed E-state index contributed by atoms with van der Waals surface area (Å²) in [6.07, 6.45) is 5.74. The van der Waals surface area contributed by atoms with E-state index in [-0.39, 0.29) is 17.1 Å². The van der Waals surface area contributed by atoms with Gasteiger partial charge in [0, 0.05) is 0 Å². The summed E-state index contributed by atoms with van der Waals surface area (Å²) in [6.45, 7) is 1.81. The van der Waals surface area contributed by atoms with Crippen molar-refractivity contribution < 1.29 is 27.0 Å². The summed E-state index contributed by atoms with van der Waals surface area (Å²) in [5.74, 6) is -1.16. The van der Waals surface area contributed by atoms with Crippen LogP contribution < -0.4 is 5.11 Å². The Bertz CT molecular complexity index is 127. The minimum Gasteiger partial charge on any atom is -0.545 e. The summed E-state index contributed by atoms with van der Waals surface area (Å²) in [6, 6.07) is 0. The third kappa shape index (κ3) is 11.2. The van der Waals surface area contributed by atoms with Gasteiger partial charge in [-0.05, 0) is 13.0 Å². The molecule has 0 N–H and O–H groups in total. The van der Waals surface area contributed by atoms with Gasteiger partial charge in [0.1, 0.15) is 0 Å². The van der Waals surface area contributed by atoms with E-state index in [9.17, 15) is 9.90 Å². The minimum atomic E-state index is -1.16. The molecule has 0 aromatic carbocycles. The predicted molar refractivity (Wildman–Crippen MR) is 29.0 cm³/mol. The Labute approximate surface area is 64.7 Å². The van der Waals surface area contributed by atoms with Crippen LogP contribution in [0.1, 0.15) is 6.92 Å². The van der Waals surface area contributed by atoms with E-state index in [1.54, 1.807) is 19.1 Å². The summed E-state index contributed by atoms with van der Waals surface area (Å²) in [5.41, 5.74) is 0. The van der Waals surface area contributed by atoms with E-state index in [0.717, 1.165) is 6.08 Å². The van der Waals surface area contributed by atoms with Gasteiger partial charge in [-0.3, -0.25) is 0 Å². The molecule has 9 heavy (non-hydrogen) atoms. The van der Waals surface area contributed by atoms with Gasteiger partial charge < -0.3 is 9.90 Å². The zero-order valence-electron chi connectivity index (χ0n) is 4.93. The molecule has 0 aliphatic rings. The van der Waals surface area contributed by atoms with E-state index in [0.29, 0.717) is 0 Å². The van der Waals surface area contributed by atoms with Crippen molar-refractivity contribution in [3.8, 4) is 0 Å². The molecule has 0 aliphatic carbocycles. The molecule has 0 spiro atoms. The molecule has 0 unspecified atom stereocenters. The van der Waals surface area contributed by atoms with Crippen molar-refractivity contribution in [3.63, 3.8) is 0 Å². The molecule has 0 fully saturated rings. The molecule has 53 valence electrons. The zero-order valence-corrected chi connectivity index (χ0v) is 5.87. The number of carboxylic acid groups (broad SMARTS) is 1. The molecule has 0 aromatic rings. The van der Waals surface area contributed by atoms with Crippen LogP contribution in [-0.4, -0.2) is 5.97 Å². The normalized spacial score (nSPS) is 9.89. The van der Waals surface area contributed by atoms with Gasteiger partial charge in [0.05, 0.1) is 5.97 Å². The van der Waals surface area contributed by atoms with Crippen LogP contribution in [0.15, 0.2) is 24.3 Å². The number of carboxylic acids is 1. The van der Waals surface area contributed by atoms with Gasteiger partial charge in [0.15, 0.2) is 0 Å². The van der Waals surface area contributed by atoms with Crippen LogP contribution in [0, 0.1) is 0 Å². The maximum Gasteiger partial charge on any atom is 2.00 e. The van der Waals surface area contributed by atoms with Gasteiger partial charge in [0.2, 0.25) is 0 Å². The molecule has 2 nitrogen and oxygen atoms in total. The van der Waals surface area contributed by atoms with E-state index >= 15 is 0 Å². The standard InChI is InChI=1S/C6H8O2.Cu/c1-2-3-4-5-6(7)8;/h2-5H,1H3,(H,7,8);/q;+2/p-1/b3-2+,5-4+;. The SMILES string of the molecule is C/C=C/C=C/C(=O)[O-].[Cu+2]. The number of hydrogen-bond donors (Lipinski definition) is 0. The maximum absolute atomic E-state index is 9.64. The quantitative estimate of drug-likeness (QED) is 0.332. The van der Waals surface area contributed by atoms with E-state index < -0.39 is 5.97 Å². The van der Waals surface area contributed by atoms with Crippen LogP contribution in [0.5, 0.6) is 0 Å². The maximum atomic E-state index is 9.64. The number of aliphatic carboxylic acids is 1. The van der Waals surface area contributed by atoms with E-state index in [1.165, 1.54) is 6.08 Å². The summed E-state index contributed by atoms with van der Waals surface area (Å²) in [4.78, 5) is 9.64. The van der Waals surface area contributed by atoms with Gasteiger partial charge in [-0.1, -0.05) is 18.2 Å². The Kier molecular flexibility index (Phi) is 9.37. The largest absolute Gasteiger partial charge is 2.00 e. The number of carbonyl (C=O) groups excluding carboxylic acids is 1. The first kappa shape index (κ1) is 11.3. The number of allylic oxidation sites excluding steroid dienone is 3. The molecule has 0 saturated heterocycles. The fourth-order valence-corrected chi connectivity index (χ4v) is 0.245. The number of rotatable bonds is 2. The van der Waals surface area contributed by atoms with Crippen molar-refractivity contribution in [1.82, 2.24) is 0 Å². The molecule has 0 atom stereocenters. The molecule has 0 saturated carbocycles. The van der Waals surface area contributed by atoms with E-state index in [2.05, 4.69) is 0 Å². The summed E-state index contributed by atoms with van der Waals surface area (Å²) in [5, 5.41) is 9.64. The summed E-state index contributed by atoms with van der Waals surface area (Å²) >= 11 is 0. The molecular weight excluding hydrogens is 168 g/mol. The van der Waals surface area contributed by atoms with Gasteiger partial charge in [-0.15, -0.1) is 0 Å². The van der Waals surface area contributed by atoms with Crippen molar-refractivity contribution in [2.24, 2.45) is 0 Å². The van der Waals surface area contributed by atoms with E-state index in [4.69, 9.17) is 0 Å². The third-order valence-electron chi connectivity index (χ3n) is 0.536. The van der Waals surface area contributed by atoms with Crippen molar-refractivity contribution in [2.45, 2.75) is 6.92 Å². The van der Waals surface area contributed by atoms with Crippen LogP contribution in [0.4, 0.5) is 0 Å². The van der Waals surface area contributed by atoms with Crippen molar-refractivity contribution in [2.75, 3.05) is 0 Å². The second kappa shape index (κ2) is 7.47. The van der Waals surface area contributed by atoms with Crippen LogP contribution in [0.3, 0.4) is 0 Å². The van der Waals surface area contributed by atoms with Crippen molar-refractivity contribution in [1.29, 1.82) is 0 Å². The van der Waals surface area contributed by atoms with Crippen LogP contribution in [0.25, 0.3) is 0 Å². The molecule has 0 rings (SSSR count). The monoisotopic (exact) mass is 174 g/mol. The summed E-state index contributed by atoms with van der Waals surface area (Å²) < 4.78 is 0. The van der Waals surface area contributed by atoms with Crippen molar-refractivity contribution >= 4 is 5.97 Å².